The van der Waals surface area contributed by atoms with Crippen molar-refractivity contribution in [1.29, 1.82) is 0 Å². The minimum absolute atomic E-state index is 0.397. The van der Waals surface area contributed by atoms with Crippen LogP contribution in [0.25, 0.3) is 0 Å². The van der Waals surface area contributed by atoms with Crippen LogP contribution in [0.3, 0.4) is 0 Å². The topological polar surface area (TPSA) is 26.0 Å². The van der Waals surface area contributed by atoms with E-state index in [0.717, 1.165) is 29.5 Å². The molecular formula is C23H29N. The van der Waals surface area contributed by atoms with E-state index in [-0.39, 0.29) is 0 Å². The first-order valence-corrected chi connectivity index (χ1v) is 9.55. The van der Waals surface area contributed by atoms with E-state index in [2.05, 4.69) is 37.5 Å². The van der Waals surface area contributed by atoms with Crippen LogP contribution in [0.1, 0.15) is 58.8 Å². The molecule has 24 heavy (non-hydrogen) atoms. The van der Waals surface area contributed by atoms with E-state index in [4.69, 9.17) is 5.73 Å². The summed E-state index contributed by atoms with van der Waals surface area (Å²) in [4.78, 5) is 0. The van der Waals surface area contributed by atoms with Gasteiger partial charge in [-0.2, -0.15) is 0 Å². The molecule has 0 bridgehead atoms. The maximum absolute atomic E-state index is 6.29. The van der Waals surface area contributed by atoms with Crippen LogP contribution in [0.5, 0.6) is 0 Å². The van der Waals surface area contributed by atoms with Crippen molar-refractivity contribution < 1.29 is 0 Å². The standard InChI is InChI=1S/C23H29N/c1-4-5-17-14-20-16(8-11-22(17)24)7-9-19-18(20)12-13-23(3)15(2)6-10-21(19)23/h8,14,18-19,21H,2,6-7,9-13,24H2,1,3H3/t18?,19?,21?,23-/m1/s1. The Labute approximate surface area is 146 Å². The van der Waals surface area contributed by atoms with Crippen LogP contribution in [0.4, 0.5) is 0 Å². The molecule has 0 aromatic carbocycles. The Bertz CT molecular complexity index is 736. The Morgan fingerprint density at radius 1 is 1.25 bits per heavy atom. The van der Waals surface area contributed by atoms with E-state index in [1.165, 1.54) is 44.1 Å². The summed E-state index contributed by atoms with van der Waals surface area (Å²) >= 11 is 0. The fraction of sp³-hybridized carbons (Fsp3) is 0.565. The van der Waals surface area contributed by atoms with Crippen LogP contribution in [0.2, 0.25) is 0 Å². The van der Waals surface area contributed by atoms with Crippen molar-refractivity contribution in [1.82, 2.24) is 0 Å². The summed E-state index contributed by atoms with van der Waals surface area (Å²) in [7, 11) is 0. The molecule has 4 aliphatic carbocycles. The van der Waals surface area contributed by atoms with E-state index in [0.29, 0.717) is 11.3 Å². The molecule has 1 heteroatoms. The molecule has 0 aliphatic heterocycles. The van der Waals surface area contributed by atoms with Crippen molar-refractivity contribution in [2.45, 2.75) is 58.8 Å². The molecule has 4 atom stereocenters. The highest BCUT2D eigenvalue weighted by atomic mass is 14.6. The zero-order valence-corrected chi connectivity index (χ0v) is 15.1. The average molecular weight is 319 g/mol. The highest BCUT2D eigenvalue weighted by molar-refractivity contribution is 5.52. The van der Waals surface area contributed by atoms with Gasteiger partial charge in [0, 0.05) is 17.7 Å². The van der Waals surface area contributed by atoms with E-state index >= 15 is 0 Å². The lowest BCUT2D eigenvalue weighted by molar-refractivity contribution is 0.0641. The summed E-state index contributed by atoms with van der Waals surface area (Å²) in [5, 5.41) is 0. The molecule has 2 N–H and O–H groups in total. The van der Waals surface area contributed by atoms with E-state index < -0.39 is 0 Å². The largest absolute Gasteiger partial charge is 0.401 e. The lowest BCUT2D eigenvalue weighted by Crippen LogP contribution is -2.41. The second kappa shape index (κ2) is 5.69. The van der Waals surface area contributed by atoms with Crippen LogP contribution in [0.15, 0.2) is 46.7 Å². The molecule has 3 unspecified atom stereocenters. The van der Waals surface area contributed by atoms with Gasteiger partial charge in [-0.3, -0.25) is 0 Å². The molecule has 0 amide bonds. The van der Waals surface area contributed by atoms with Gasteiger partial charge in [-0.15, -0.1) is 5.92 Å². The summed E-state index contributed by atoms with van der Waals surface area (Å²) in [6, 6.07) is 0. The molecule has 0 heterocycles. The number of allylic oxidation sites excluding steroid dienone is 6. The van der Waals surface area contributed by atoms with Gasteiger partial charge in [0.15, 0.2) is 0 Å². The predicted molar refractivity (Wildman–Crippen MR) is 101 cm³/mol. The minimum Gasteiger partial charge on any atom is -0.401 e. The van der Waals surface area contributed by atoms with Gasteiger partial charge in [0.25, 0.3) is 0 Å². The van der Waals surface area contributed by atoms with Crippen LogP contribution >= 0.6 is 0 Å². The minimum atomic E-state index is 0.397. The number of rotatable bonds is 0. The Hall–Kier alpha value is -1.68. The van der Waals surface area contributed by atoms with Gasteiger partial charge >= 0.3 is 0 Å². The van der Waals surface area contributed by atoms with Crippen molar-refractivity contribution in [2.75, 3.05) is 0 Å². The molecule has 1 nitrogen and oxygen atoms in total. The molecule has 0 aromatic rings. The third kappa shape index (κ3) is 2.23. The SMILES string of the molecule is C=C1CCC2C3CCC4=CCC(N)=C(C#CC)C=C4C3CC[C@]12C. The quantitative estimate of drug-likeness (QED) is 0.477. The zero-order chi connectivity index (χ0) is 16.9. The lowest BCUT2D eigenvalue weighted by atomic mass is 9.54. The first-order chi connectivity index (χ1) is 11.5. The van der Waals surface area contributed by atoms with Crippen LogP contribution < -0.4 is 5.73 Å². The first kappa shape index (κ1) is 15.8. The van der Waals surface area contributed by atoms with Gasteiger partial charge in [0.2, 0.25) is 0 Å². The maximum atomic E-state index is 6.29. The van der Waals surface area contributed by atoms with Gasteiger partial charge in [-0.1, -0.05) is 31.1 Å². The molecule has 3 saturated carbocycles. The molecule has 0 spiro atoms. The van der Waals surface area contributed by atoms with Crippen molar-refractivity contribution in [3.63, 3.8) is 0 Å². The monoisotopic (exact) mass is 319 g/mol. The second-order valence-corrected chi connectivity index (χ2v) is 8.36. The van der Waals surface area contributed by atoms with Crippen molar-refractivity contribution in [3.8, 4) is 11.8 Å². The van der Waals surface area contributed by atoms with Gasteiger partial charge < -0.3 is 5.73 Å². The third-order valence-corrected chi connectivity index (χ3v) is 7.38. The zero-order valence-electron chi connectivity index (χ0n) is 15.1. The van der Waals surface area contributed by atoms with Crippen LogP contribution in [-0.4, -0.2) is 0 Å². The Balaban J connectivity index is 1.73. The van der Waals surface area contributed by atoms with Gasteiger partial charge in [-0.25, -0.2) is 0 Å². The Morgan fingerprint density at radius 2 is 2.08 bits per heavy atom. The summed E-state index contributed by atoms with van der Waals surface area (Å²) in [6.45, 7) is 8.81. The van der Waals surface area contributed by atoms with Crippen LogP contribution in [-0.2, 0) is 0 Å². The lowest BCUT2D eigenvalue weighted by Gasteiger charge is -2.50. The third-order valence-electron chi connectivity index (χ3n) is 7.38. The van der Waals surface area contributed by atoms with Crippen molar-refractivity contribution in [2.24, 2.45) is 28.9 Å². The fourth-order valence-electron chi connectivity index (χ4n) is 5.95. The van der Waals surface area contributed by atoms with Crippen molar-refractivity contribution in [3.05, 3.63) is 46.7 Å². The number of fused-ring (bicyclic) bond motifs is 5. The van der Waals surface area contributed by atoms with E-state index in [9.17, 15) is 0 Å². The molecular weight excluding hydrogens is 290 g/mol. The summed E-state index contributed by atoms with van der Waals surface area (Å²) in [6.07, 6.45) is 13.3. The smallest absolute Gasteiger partial charge is 0.0438 e. The molecule has 4 rings (SSSR count). The Morgan fingerprint density at radius 3 is 2.88 bits per heavy atom. The number of hydrogen-bond acceptors (Lipinski definition) is 1. The molecule has 3 fully saturated rings. The molecule has 0 radical (unpaired) electrons. The first-order valence-electron chi connectivity index (χ1n) is 9.55. The van der Waals surface area contributed by atoms with E-state index in [1.807, 2.05) is 6.92 Å². The highest BCUT2D eigenvalue weighted by Gasteiger charge is 2.52. The maximum Gasteiger partial charge on any atom is 0.0438 e. The number of hydrogen-bond donors (Lipinski definition) is 1. The van der Waals surface area contributed by atoms with Gasteiger partial charge in [0.05, 0.1) is 0 Å². The van der Waals surface area contributed by atoms with Crippen molar-refractivity contribution >= 4 is 0 Å². The Kier molecular flexibility index (Phi) is 3.75. The second-order valence-electron chi connectivity index (χ2n) is 8.36. The summed E-state index contributed by atoms with van der Waals surface area (Å²) in [5.74, 6) is 8.64. The summed E-state index contributed by atoms with van der Waals surface area (Å²) in [5.41, 5.74) is 13.3. The van der Waals surface area contributed by atoms with E-state index in [1.54, 1.807) is 11.1 Å². The van der Waals surface area contributed by atoms with Gasteiger partial charge in [0.1, 0.15) is 0 Å². The molecule has 0 aromatic heterocycles. The predicted octanol–water partition coefficient (Wildman–Crippen LogP) is 5.27. The fourth-order valence-corrected chi connectivity index (χ4v) is 5.95. The molecule has 0 saturated heterocycles. The normalized spacial score (nSPS) is 38.1. The van der Waals surface area contributed by atoms with Gasteiger partial charge in [-0.05, 0) is 85.8 Å². The molecule has 126 valence electrons. The summed E-state index contributed by atoms with van der Waals surface area (Å²) < 4.78 is 0. The van der Waals surface area contributed by atoms with Crippen LogP contribution in [0, 0.1) is 35.0 Å². The number of nitrogens with two attached hydrogens (primary N) is 1. The molecule has 4 aliphatic rings. The highest BCUT2D eigenvalue weighted by Crippen LogP contribution is 2.62. The average Bonchev–Trinajstić information content (AvgIpc) is 2.78.